The number of hydrogen-bond acceptors (Lipinski definition) is 2. The predicted octanol–water partition coefficient (Wildman–Crippen LogP) is 2.37. The molecular weight excluding hydrogens is 159 g/mol. The van der Waals surface area contributed by atoms with Gasteiger partial charge in [0.25, 0.3) is 5.85 Å². The number of alkyl halides is 1. The summed E-state index contributed by atoms with van der Waals surface area (Å²) in [4.78, 5) is 10.5. The van der Waals surface area contributed by atoms with E-state index >= 15 is 0 Å². The first-order valence-electron chi connectivity index (χ1n) is 3.64. The average molecular weight is 172 g/mol. The number of carbonyl (C=O) groups is 1. The van der Waals surface area contributed by atoms with Gasteiger partial charge in [0.1, 0.15) is 0 Å². The van der Waals surface area contributed by atoms with Crippen molar-refractivity contribution in [2.45, 2.75) is 25.6 Å². The Hall–Kier alpha value is -1.12. The highest BCUT2D eigenvalue weighted by Gasteiger charge is 2.29. The van der Waals surface area contributed by atoms with Crippen LogP contribution >= 0.6 is 0 Å². The molecule has 0 radical (unpaired) electrons. The summed E-state index contributed by atoms with van der Waals surface area (Å²) >= 11 is 0. The molecule has 0 spiro atoms. The maximum Gasteiger partial charge on any atom is 0.305 e. The van der Waals surface area contributed by atoms with Gasteiger partial charge < -0.3 is 4.74 Å². The molecule has 0 aliphatic rings. The second kappa shape index (κ2) is 4.70. The van der Waals surface area contributed by atoms with Crippen molar-refractivity contribution in [1.82, 2.24) is 0 Å². The molecule has 2 nitrogen and oxygen atoms in total. The van der Waals surface area contributed by atoms with Gasteiger partial charge in [0.15, 0.2) is 0 Å². The summed E-state index contributed by atoms with van der Waals surface area (Å²) in [6.45, 7) is 7.91. The van der Waals surface area contributed by atoms with Crippen LogP contribution in [0.4, 0.5) is 4.39 Å². The lowest BCUT2D eigenvalue weighted by Crippen LogP contribution is -2.27. The molecule has 68 valence electrons. The van der Waals surface area contributed by atoms with Crippen LogP contribution in [0.25, 0.3) is 0 Å². The Labute approximate surface area is 71.7 Å². The third kappa shape index (κ3) is 3.91. The fourth-order valence-electron chi connectivity index (χ4n) is 0.855. The molecule has 0 atom stereocenters. The van der Waals surface area contributed by atoms with Crippen LogP contribution in [0.1, 0.15) is 19.8 Å². The summed E-state index contributed by atoms with van der Waals surface area (Å²) in [6.07, 6.45) is 2.70. The second-order valence-electron chi connectivity index (χ2n) is 2.46. The van der Waals surface area contributed by atoms with Gasteiger partial charge in [-0.3, -0.25) is 4.79 Å². The first-order chi connectivity index (χ1) is 5.54. The molecule has 3 heteroatoms. The van der Waals surface area contributed by atoms with Gasteiger partial charge >= 0.3 is 5.97 Å². The molecule has 0 fully saturated rings. The van der Waals surface area contributed by atoms with Crippen molar-refractivity contribution >= 4 is 5.97 Å². The minimum atomic E-state index is -1.96. The number of halogens is 1. The van der Waals surface area contributed by atoms with Gasteiger partial charge in [0.05, 0.1) is 0 Å². The third-order valence-corrected chi connectivity index (χ3v) is 1.22. The van der Waals surface area contributed by atoms with Crippen molar-refractivity contribution in [3.63, 3.8) is 0 Å². The Morgan fingerprint density at radius 1 is 1.50 bits per heavy atom. The van der Waals surface area contributed by atoms with Crippen LogP contribution < -0.4 is 0 Å². The van der Waals surface area contributed by atoms with Gasteiger partial charge in [0.2, 0.25) is 0 Å². The lowest BCUT2D eigenvalue weighted by Gasteiger charge is -2.21. The zero-order chi connectivity index (χ0) is 9.61. The molecule has 0 N–H and O–H groups in total. The monoisotopic (exact) mass is 172 g/mol. The van der Waals surface area contributed by atoms with Crippen molar-refractivity contribution in [2.24, 2.45) is 0 Å². The third-order valence-electron chi connectivity index (χ3n) is 1.22. The van der Waals surface area contributed by atoms with Gasteiger partial charge in [-0.15, -0.1) is 13.2 Å². The molecule has 0 saturated heterocycles. The molecule has 0 rings (SSSR count). The molecule has 0 bridgehead atoms. The van der Waals surface area contributed by atoms with Crippen LogP contribution in [-0.4, -0.2) is 11.8 Å². The standard InChI is InChI=1S/C9H13FO2/c1-4-6-9(10,7-5-2)12-8(3)11/h4-5H,1-2,6-7H2,3H3. The summed E-state index contributed by atoms with van der Waals surface area (Å²) in [7, 11) is 0. The summed E-state index contributed by atoms with van der Waals surface area (Å²) in [5.41, 5.74) is 0. The summed E-state index contributed by atoms with van der Waals surface area (Å²) in [5, 5.41) is 0. The van der Waals surface area contributed by atoms with Crippen LogP contribution in [0, 0.1) is 0 Å². The minimum Gasteiger partial charge on any atom is -0.428 e. The van der Waals surface area contributed by atoms with E-state index in [1.807, 2.05) is 0 Å². The Morgan fingerprint density at radius 3 is 2.17 bits per heavy atom. The maximum atomic E-state index is 13.5. The van der Waals surface area contributed by atoms with Crippen molar-refractivity contribution in [2.75, 3.05) is 0 Å². The lowest BCUT2D eigenvalue weighted by atomic mass is 10.1. The lowest BCUT2D eigenvalue weighted by molar-refractivity contribution is -0.178. The molecule has 0 aromatic rings. The van der Waals surface area contributed by atoms with E-state index in [0.29, 0.717) is 0 Å². The van der Waals surface area contributed by atoms with Crippen molar-refractivity contribution in [3.05, 3.63) is 25.3 Å². The summed E-state index contributed by atoms with van der Waals surface area (Å²) < 4.78 is 17.9. The molecule has 0 heterocycles. The largest absolute Gasteiger partial charge is 0.428 e. The van der Waals surface area contributed by atoms with E-state index < -0.39 is 11.8 Å². The zero-order valence-electron chi connectivity index (χ0n) is 7.18. The van der Waals surface area contributed by atoms with Crippen LogP contribution in [0.15, 0.2) is 25.3 Å². The predicted molar refractivity (Wildman–Crippen MR) is 45.2 cm³/mol. The number of carbonyl (C=O) groups excluding carboxylic acids is 1. The second-order valence-corrected chi connectivity index (χ2v) is 2.46. The van der Waals surface area contributed by atoms with Gasteiger partial charge in [-0.1, -0.05) is 12.2 Å². The van der Waals surface area contributed by atoms with E-state index in [1.54, 1.807) is 0 Å². The molecule has 0 amide bonds. The number of esters is 1. The fraction of sp³-hybridized carbons (Fsp3) is 0.444. The smallest absolute Gasteiger partial charge is 0.305 e. The van der Waals surface area contributed by atoms with Crippen LogP contribution in [0.3, 0.4) is 0 Å². The zero-order valence-corrected chi connectivity index (χ0v) is 7.18. The van der Waals surface area contributed by atoms with E-state index in [0.717, 1.165) is 0 Å². The molecule has 12 heavy (non-hydrogen) atoms. The Bertz CT molecular complexity index is 177. The highest BCUT2D eigenvalue weighted by Crippen LogP contribution is 2.23. The molecule has 0 aromatic carbocycles. The number of hydrogen-bond donors (Lipinski definition) is 0. The van der Waals surface area contributed by atoms with E-state index in [1.165, 1.54) is 19.1 Å². The molecule has 0 saturated carbocycles. The molecule has 0 aliphatic carbocycles. The maximum absolute atomic E-state index is 13.5. The number of ether oxygens (including phenoxy) is 1. The number of rotatable bonds is 5. The molecule has 0 aromatic heterocycles. The van der Waals surface area contributed by atoms with Gasteiger partial charge in [-0.25, -0.2) is 0 Å². The van der Waals surface area contributed by atoms with Gasteiger partial charge in [0, 0.05) is 19.8 Å². The highest BCUT2D eigenvalue weighted by atomic mass is 19.2. The Balaban J connectivity index is 4.25. The molecule has 0 aliphatic heterocycles. The topological polar surface area (TPSA) is 26.3 Å². The minimum absolute atomic E-state index is 0.0153. The van der Waals surface area contributed by atoms with Crippen molar-refractivity contribution in [3.8, 4) is 0 Å². The normalized spacial score (nSPS) is 10.5. The first kappa shape index (κ1) is 10.9. The summed E-state index contributed by atoms with van der Waals surface area (Å²) in [5.74, 6) is -2.60. The Morgan fingerprint density at radius 2 is 1.92 bits per heavy atom. The van der Waals surface area contributed by atoms with Crippen LogP contribution in [0.5, 0.6) is 0 Å². The highest BCUT2D eigenvalue weighted by molar-refractivity contribution is 5.66. The van der Waals surface area contributed by atoms with E-state index in [-0.39, 0.29) is 12.8 Å². The molecule has 0 unspecified atom stereocenters. The van der Waals surface area contributed by atoms with E-state index in [4.69, 9.17) is 0 Å². The molecular formula is C9H13FO2. The summed E-state index contributed by atoms with van der Waals surface area (Å²) in [6, 6.07) is 0. The van der Waals surface area contributed by atoms with E-state index in [2.05, 4.69) is 17.9 Å². The fourth-order valence-corrected chi connectivity index (χ4v) is 0.855. The van der Waals surface area contributed by atoms with E-state index in [9.17, 15) is 9.18 Å². The van der Waals surface area contributed by atoms with Crippen molar-refractivity contribution in [1.29, 1.82) is 0 Å². The van der Waals surface area contributed by atoms with Crippen LogP contribution in [0.2, 0.25) is 0 Å². The van der Waals surface area contributed by atoms with Gasteiger partial charge in [-0.2, -0.15) is 4.39 Å². The van der Waals surface area contributed by atoms with Crippen LogP contribution in [-0.2, 0) is 9.53 Å². The first-order valence-corrected chi connectivity index (χ1v) is 3.64. The Kier molecular flexibility index (Phi) is 4.26. The van der Waals surface area contributed by atoms with Crippen molar-refractivity contribution < 1.29 is 13.9 Å². The SMILES string of the molecule is C=CCC(F)(CC=C)OC(C)=O. The van der Waals surface area contributed by atoms with Gasteiger partial charge in [-0.05, 0) is 0 Å². The average Bonchev–Trinajstić information content (AvgIpc) is 1.85. The quantitative estimate of drug-likeness (QED) is 0.470.